The van der Waals surface area contributed by atoms with Crippen molar-refractivity contribution in [1.29, 1.82) is 0 Å². The average Bonchev–Trinajstić information content (AvgIpc) is 3.49. The van der Waals surface area contributed by atoms with Crippen molar-refractivity contribution in [3.05, 3.63) is 88.9 Å². The van der Waals surface area contributed by atoms with Crippen LogP contribution in [-0.2, 0) is 13.5 Å². The third-order valence-electron chi connectivity index (χ3n) is 6.53. The minimum absolute atomic E-state index is 0.154. The van der Waals surface area contributed by atoms with Gasteiger partial charge in [0.25, 0.3) is 5.91 Å². The fourth-order valence-electron chi connectivity index (χ4n) is 4.32. The maximum atomic E-state index is 11.0. The van der Waals surface area contributed by atoms with E-state index >= 15 is 0 Å². The molecule has 0 aliphatic carbocycles. The van der Waals surface area contributed by atoms with Crippen molar-refractivity contribution in [2.24, 2.45) is 12.8 Å². The molecule has 3 aromatic heterocycles. The first-order chi connectivity index (χ1) is 19.4. The summed E-state index contributed by atoms with van der Waals surface area (Å²) in [6.45, 7) is 4.77. The number of para-hydroxylation sites is 1. The number of primary amides is 1. The van der Waals surface area contributed by atoms with Crippen molar-refractivity contribution < 1.29 is 4.79 Å². The number of carbonyl (C=O) groups excluding carboxylic acids is 1. The lowest BCUT2D eigenvalue weighted by atomic mass is 10.1. The summed E-state index contributed by atoms with van der Waals surface area (Å²) in [7, 11) is 1.92. The number of nitrogen functional groups attached to an aromatic ring is 1. The second kappa shape index (κ2) is 11.1. The Hall–Kier alpha value is -5.43. The average molecular weight is 532 g/mol. The van der Waals surface area contributed by atoms with Crippen LogP contribution in [-0.4, -0.2) is 42.0 Å². The molecule has 2 aromatic carbocycles. The van der Waals surface area contributed by atoms with E-state index in [1.165, 1.54) is 4.68 Å². The molecule has 10 nitrogen and oxygen atoms in total. The molecule has 0 bridgehead atoms. The van der Waals surface area contributed by atoms with Crippen molar-refractivity contribution in [2.75, 3.05) is 17.6 Å². The molecule has 1 aliphatic heterocycles. The fourth-order valence-corrected chi connectivity index (χ4v) is 4.32. The van der Waals surface area contributed by atoms with Crippen LogP contribution in [0, 0.1) is 18.8 Å². The third-order valence-corrected chi connectivity index (χ3v) is 6.53. The molecule has 6 rings (SSSR count). The first kappa shape index (κ1) is 26.2. The minimum Gasteiger partial charge on any atom is -0.381 e. The number of amides is 1. The predicted octanol–water partition coefficient (Wildman–Crippen LogP) is 3.76. The highest BCUT2D eigenvalue weighted by atomic mass is 16.1. The predicted molar refractivity (Wildman–Crippen MR) is 157 cm³/mol. The monoisotopic (exact) mass is 531 g/mol. The van der Waals surface area contributed by atoms with Crippen molar-refractivity contribution >= 4 is 34.8 Å². The van der Waals surface area contributed by atoms with Crippen molar-refractivity contribution in [3.8, 4) is 23.1 Å². The molecule has 0 spiro atoms. The van der Waals surface area contributed by atoms with E-state index in [9.17, 15) is 4.79 Å². The van der Waals surface area contributed by atoms with Gasteiger partial charge in [-0.05, 0) is 31.6 Å². The van der Waals surface area contributed by atoms with E-state index in [0.29, 0.717) is 12.4 Å². The van der Waals surface area contributed by atoms with E-state index in [2.05, 4.69) is 46.4 Å². The molecule has 1 aliphatic rings. The molecule has 10 heteroatoms. The number of hydrogen-bond donors (Lipinski definition) is 3. The molecule has 4 heterocycles. The van der Waals surface area contributed by atoms with Crippen LogP contribution in [0.5, 0.6) is 0 Å². The molecule has 5 aromatic rings. The van der Waals surface area contributed by atoms with Gasteiger partial charge in [-0.25, -0.2) is 14.6 Å². The van der Waals surface area contributed by atoms with Gasteiger partial charge in [-0.2, -0.15) is 5.10 Å². The second-order valence-electron chi connectivity index (χ2n) is 9.11. The summed E-state index contributed by atoms with van der Waals surface area (Å²) in [4.78, 5) is 20.8. The zero-order valence-electron chi connectivity index (χ0n) is 22.5. The summed E-state index contributed by atoms with van der Waals surface area (Å²) in [6, 6.07) is 16.2. The van der Waals surface area contributed by atoms with E-state index in [0.717, 1.165) is 51.2 Å². The van der Waals surface area contributed by atoms with Crippen molar-refractivity contribution in [3.63, 3.8) is 0 Å². The second-order valence-corrected chi connectivity index (χ2v) is 9.11. The minimum atomic E-state index is -0.568. The highest BCUT2D eigenvalue weighted by Gasteiger charge is 2.20. The van der Waals surface area contributed by atoms with Gasteiger partial charge in [0.2, 0.25) is 0 Å². The molecule has 1 amide bonds. The van der Waals surface area contributed by atoms with Gasteiger partial charge in [-0.1, -0.05) is 55.2 Å². The first-order valence-corrected chi connectivity index (χ1v) is 12.8. The summed E-state index contributed by atoms with van der Waals surface area (Å²) < 4.78 is 3.33. The maximum Gasteiger partial charge on any atom is 0.256 e. The first-order valence-electron chi connectivity index (χ1n) is 12.8. The zero-order valence-corrected chi connectivity index (χ0v) is 22.5. The Bertz CT molecular complexity index is 1800. The van der Waals surface area contributed by atoms with Gasteiger partial charge in [0.1, 0.15) is 16.9 Å². The van der Waals surface area contributed by atoms with E-state index in [1.54, 1.807) is 12.4 Å². The number of nitrogens with zero attached hydrogens (tertiary/aromatic N) is 6. The Labute approximate surface area is 231 Å². The Morgan fingerprint density at radius 2 is 1.85 bits per heavy atom. The fraction of sp³-hybridized carbons (Fsp3) is 0.167. The number of rotatable bonds is 3. The number of carbonyl (C=O) groups is 1. The van der Waals surface area contributed by atoms with Crippen LogP contribution in [0.25, 0.3) is 28.5 Å². The summed E-state index contributed by atoms with van der Waals surface area (Å²) >= 11 is 0. The summed E-state index contributed by atoms with van der Waals surface area (Å²) in [5, 5.41) is 11.1. The largest absolute Gasteiger partial charge is 0.381 e. The highest BCUT2D eigenvalue weighted by Crippen LogP contribution is 2.25. The SMILES string of the molecule is CCc1nc2cccc(C#Cc3cnn(C)c3C)c2nc1-c1ccccc1.NC(=O)c1c(N)nn2c1NCC=C2. The van der Waals surface area contributed by atoms with Gasteiger partial charge in [-0.15, -0.1) is 5.10 Å². The number of nitrogens with two attached hydrogens (primary N) is 2. The van der Waals surface area contributed by atoms with Crippen molar-refractivity contribution in [2.45, 2.75) is 20.3 Å². The number of aryl methyl sites for hydroxylation is 2. The van der Waals surface area contributed by atoms with Gasteiger partial charge in [0.15, 0.2) is 5.82 Å². The number of fused-ring (bicyclic) bond motifs is 2. The van der Waals surface area contributed by atoms with Gasteiger partial charge >= 0.3 is 0 Å². The van der Waals surface area contributed by atoms with Gasteiger partial charge in [-0.3, -0.25) is 9.48 Å². The van der Waals surface area contributed by atoms with Crippen LogP contribution < -0.4 is 16.8 Å². The lowest BCUT2D eigenvalue weighted by Gasteiger charge is -2.09. The van der Waals surface area contributed by atoms with Crippen LogP contribution in [0.2, 0.25) is 0 Å². The molecule has 200 valence electrons. The molecule has 0 saturated heterocycles. The van der Waals surface area contributed by atoms with E-state index in [4.69, 9.17) is 21.4 Å². The molecule has 0 fully saturated rings. The normalized spacial score (nSPS) is 11.6. The molecule has 40 heavy (non-hydrogen) atoms. The topological polar surface area (TPSA) is 143 Å². The molecular formula is C30H29N9O. The number of aromatic nitrogens is 6. The summed E-state index contributed by atoms with van der Waals surface area (Å²) in [6.07, 6.45) is 6.22. The van der Waals surface area contributed by atoms with Gasteiger partial charge in [0, 0.05) is 25.4 Å². The lowest BCUT2D eigenvalue weighted by Crippen LogP contribution is -2.17. The zero-order chi connectivity index (χ0) is 28.2. The van der Waals surface area contributed by atoms with Crippen LogP contribution in [0.4, 0.5) is 11.6 Å². The number of hydrogen-bond acceptors (Lipinski definition) is 7. The molecule has 0 unspecified atom stereocenters. The number of benzene rings is 2. The van der Waals surface area contributed by atoms with Crippen LogP contribution in [0.15, 0.2) is 60.8 Å². The van der Waals surface area contributed by atoms with Crippen LogP contribution in [0.3, 0.4) is 0 Å². The van der Waals surface area contributed by atoms with Crippen molar-refractivity contribution in [1.82, 2.24) is 29.5 Å². The van der Waals surface area contributed by atoms with E-state index < -0.39 is 5.91 Å². The Morgan fingerprint density at radius 1 is 1.07 bits per heavy atom. The van der Waals surface area contributed by atoms with Crippen LogP contribution in [0.1, 0.15) is 39.8 Å². The smallest absolute Gasteiger partial charge is 0.256 e. The third kappa shape index (κ3) is 5.13. The highest BCUT2D eigenvalue weighted by molar-refractivity contribution is 6.02. The Morgan fingerprint density at radius 3 is 2.55 bits per heavy atom. The number of nitrogens with one attached hydrogen (secondary N) is 1. The Kier molecular flexibility index (Phi) is 7.29. The Balaban J connectivity index is 0.000000207. The van der Waals surface area contributed by atoms with E-state index in [1.807, 2.05) is 61.1 Å². The van der Waals surface area contributed by atoms with Gasteiger partial charge in [0.05, 0.1) is 39.9 Å². The number of anilines is 2. The summed E-state index contributed by atoms with van der Waals surface area (Å²) in [5.41, 5.74) is 18.5. The molecule has 0 saturated carbocycles. The van der Waals surface area contributed by atoms with Crippen LogP contribution >= 0.6 is 0 Å². The molecular weight excluding hydrogens is 502 g/mol. The molecule has 0 radical (unpaired) electrons. The standard InChI is InChI=1S/C23H20N4.C7H9N5O/c1-4-20-22(17-9-6-5-7-10-17)26-23-18(11-8-12-21(23)25-20)13-14-19-15-24-27(3)16(19)2;8-5-4(6(9)13)7-10-2-1-3-12(7)11-5/h5-12,15H,4H2,1-3H3;1,3,10H,2H2,(H2,8,11)(H2,9,13). The molecule has 0 atom stereocenters. The quantitative estimate of drug-likeness (QED) is 0.301. The maximum absolute atomic E-state index is 11.0. The van der Waals surface area contributed by atoms with Gasteiger partial charge < -0.3 is 16.8 Å². The lowest BCUT2D eigenvalue weighted by molar-refractivity contribution is 0.100. The molecule has 5 N–H and O–H groups in total. The van der Waals surface area contributed by atoms with E-state index in [-0.39, 0.29) is 11.4 Å². The summed E-state index contributed by atoms with van der Waals surface area (Å²) in [5.74, 6) is 6.65.